The van der Waals surface area contributed by atoms with E-state index in [2.05, 4.69) is 51.3 Å². The normalized spacial score (nSPS) is 16.5. The highest BCUT2D eigenvalue weighted by molar-refractivity contribution is 5.69. The third-order valence-electron chi connectivity index (χ3n) is 6.75. The Morgan fingerprint density at radius 3 is 1.83 bits per heavy atom. The standard InChI is InChI=1S/C24H46N2O4/c1-7-23(3,4)13-11-21(27)29-19-9-10-20-30-22(28)12-14-25-15-17-26(18-16-25)24(5,6)8-2/h7-20H2,1-6H3. The van der Waals surface area contributed by atoms with Crippen LogP contribution in [-0.2, 0) is 19.1 Å². The summed E-state index contributed by atoms with van der Waals surface area (Å²) in [6, 6.07) is 0. The lowest BCUT2D eigenvalue weighted by Crippen LogP contribution is -2.54. The fraction of sp³-hybridized carbons (Fsp3) is 0.917. The summed E-state index contributed by atoms with van der Waals surface area (Å²) < 4.78 is 10.6. The number of nitrogens with zero attached hydrogens (tertiary/aromatic N) is 2. The van der Waals surface area contributed by atoms with Crippen LogP contribution in [0.1, 0.15) is 86.5 Å². The van der Waals surface area contributed by atoms with Gasteiger partial charge >= 0.3 is 11.9 Å². The van der Waals surface area contributed by atoms with E-state index in [1.165, 1.54) is 0 Å². The SMILES string of the molecule is CCC(C)(C)CCC(=O)OCCCCOC(=O)CCN1CCN(C(C)(C)CC)CC1. The van der Waals surface area contributed by atoms with Crippen molar-refractivity contribution in [2.45, 2.75) is 92.0 Å². The number of carbonyl (C=O) groups is 2. The lowest BCUT2D eigenvalue weighted by molar-refractivity contribution is -0.146. The van der Waals surface area contributed by atoms with Gasteiger partial charge in [-0.2, -0.15) is 0 Å². The average Bonchev–Trinajstić information content (AvgIpc) is 2.73. The van der Waals surface area contributed by atoms with E-state index in [1.54, 1.807) is 0 Å². The van der Waals surface area contributed by atoms with Crippen LogP contribution in [-0.4, -0.2) is 73.2 Å². The van der Waals surface area contributed by atoms with Crippen LogP contribution in [0.5, 0.6) is 0 Å². The lowest BCUT2D eigenvalue weighted by Gasteiger charge is -2.43. The fourth-order valence-corrected chi connectivity index (χ4v) is 3.39. The molecule has 0 atom stereocenters. The molecular weight excluding hydrogens is 380 g/mol. The molecule has 6 heteroatoms. The first-order valence-electron chi connectivity index (χ1n) is 11.9. The second kappa shape index (κ2) is 13.3. The zero-order chi connectivity index (χ0) is 22.6. The van der Waals surface area contributed by atoms with Gasteiger partial charge < -0.3 is 14.4 Å². The molecule has 0 aliphatic carbocycles. The van der Waals surface area contributed by atoms with Crippen molar-refractivity contribution in [3.63, 3.8) is 0 Å². The van der Waals surface area contributed by atoms with Crippen molar-refractivity contribution in [1.82, 2.24) is 9.80 Å². The summed E-state index contributed by atoms with van der Waals surface area (Å²) in [5.74, 6) is -0.263. The molecule has 0 N–H and O–H groups in total. The van der Waals surface area contributed by atoms with Crippen molar-refractivity contribution in [2.24, 2.45) is 5.41 Å². The van der Waals surface area contributed by atoms with Crippen LogP contribution >= 0.6 is 0 Å². The smallest absolute Gasteiger partial charge is 0.307 e. The molecule has 30 heavy (non-hydrogen) atoms. The second-order valence-electron chi connectivity index (χ2n) is 9.91. The van der Waals surface area contributed by atoms with Gasteiger partial charge in [0, 0.05) is 44.7 Å². The van der Waals surface area contributed by atoms with Gasteiger partial charge in [-0.05, 0) is 44.9 Å². The van der Waals surface area contributed by atoms with Crippen LogP contribution in [0, 0.1) is 5.41 Å². The molecule has 1 fully saturated rings. The Balaban J connectivity index is 2.02. The first-order valence-corrected chi connectivity index (χ1v) is 11.9. The van der Waals surface area contributed by atoms with Gasteiger partial charge in [-0.25, -0.2) is 0 Å². The monoisotopic (exact) mass is 426 g/mol. The van der Waals surface area contributed by atoms with Crippen molar-refractivity contribution in [3.8, 4) is 0 Å². The quantitative estimate of drug-likeness (QED) is 0.305. The van der Waals surface area contributed by atoms with E-state index in [4.69, 9.17) is 9.47 Å². The molecule has 6 nitrogen and oxygen atoms in total. The van der Waals surface area contributed by atoms with Gasteiger partial charge in [-0.3, -0.25) is 14.5 Å². The molecule has 0 spiro atoms. The zero-order valence-electron chi connectivity index (χ0n) is 20.4. The van der Waals surface area contributed by atoms with Crippen LogP contribution in [0.25, 0.3) is 0 Å². The van der Waals surface area contributed by atoms with Gasteiger partial charge in [0.2, 0.25) is 0 Å². The summed E-state index contributed by atoms with van der Waals surface area (Å²) in [5.41, 5.74) is 0.443. The minimum absolute atomic E-state index is 0.129. The van der Waals surface area contributed by atoms with Gasteiger partial charge in [0.25, 0.3) is 0 Å². The summed E-state index contributed by atoms with van der Waals surface area (Å²) in [6.45, 7) is 19.0. The van der Waals surface area contributed by atoms with Crippen LogP contribution in [0.3, 0.4) is 0 Å². The molecular formula is C24H46N2O4. The lowest BCUT2D eigenvalue weighted by atomic mass is 9.85. The maximum atomic E-state index is 12.0. The van der Waals surface area contributed by atoms with Crippen LogP contribution < -0.4 is 0 Å². The van der Waals surface area contributed by atoms with Crippen molar-refractivity contribution in [3.05, 3.63) is 0 Å². The molecule has 0 amide bonds. The van der Waals surface area contributed by atoms with E-state index >= 15 is 0 Å². The topological polar surface area (TPSA) is 59.1 Å². The number of hydrogen-bond donors (Lipinski definition) is 0. The molecule has 0 radical (unpaired) electrons. The zero-order valence-corrected chi connectivity index (χ0v) is 20.4. The maximum Gasteiger partial charge on any atom is 0.307 e. The van der Waals surface area contributed by atoms with Gasteiger partial charge in [0.1, 0.15) is 0 Å². The molecule has 0 bridgehead atoms. The predicted octanol–water partition coefficient (Wildman–Crippen LogP) is 4.27. The highest BCUT2D eigenvalue weighted by atomic mass is 16.5. The summed E-state index contributed by atoms with van der Waals surface area (Å²) in [5, 5.41) is 0. The van der Waals surface area contributed by atoms with E-state index in [0.29, 0.717) is 26.1 Å². The van der Waals surface area contributed by atoms with E-state index in [-0.39, 0.29) is 22.9 Å². The molecule has 1 heterocycles. The Morgan fingerprint density at radius 2 is 1.33 bits per heavy atom. The number of carbonyl (C=O) groups excluding carboxylic acids is 2. The number of piperazine rings is 1. The third kappa shape index (κ3) is 10.8. The number of esters is 2. The first kappa shape index (κ1) is 26.9. The molecule has 0 aromatic rings. The van der Waals surface area contributed by atoms with Crippen molar-refractivity contribution in [1.29, 1.82) is 0 Å². The van der Waals surface area contributed by atoms with Crippen molar-refractivity contribution >= 4 is 11.9 Å². The second-order valence-corrected chi connectivity index (χ2v) is 9.91. The Labute approximate surface area is 184 Å². The van der Waals surface area contributed by atoms with Gasteiger partial charge in [-0.15, -0.1) is 0 Å². The number of ether oxygens (including phenoxy) is 2. The molecule has 1 aliphatic heterocycles. The maximum absolute atomic E-state index is 12.0. The van der Waals surface area contributed by atoms with Gasteiger partial charge in [0.05, 0.1) is 19.6 Å². The van der Waals surface area contributed by atoms with E-state index < -0.39 is 0 Å². The summed E-state index contributed by atoms with van der Waals surface area (Å²) in [7, 11) is 0. The van der Waals surface area contributed by atoms with E-state index in [9.17, 15) is 9.59 Å². The molecule has 0 aromatic carbocycles. The minimum Gasteiger partial charge on any atom is -0.466 e. The minimum atomic E-state index is -0.134. The molecule has 1 aliphatic rings. The summed E-state index contributed by atoms with van der Waals surface area (Å²) >= 11 is 0. The Bertz CT molecular complexity index is 511. The van der Waals surface area contributed by atoms with Crippen molar-refractivity contribution < 1.29 is 19.1 Å². The summed E-state index contributed by atoms with van der Waals surface area (Å²) in [6.07, 6.45) is 5.43. The van der Waals surface area contributed by atoms with E-state index in [0.717, 1.165) is 64.8 Å². The molecule has 176 valence electrons. The van der Waals surface area contributed by atoms with Crippen LogP contribution in [0.15, 0.2) is 0 Å². The highest BCUT2D eigenvalue weighted by Crippen LogP contribution is 2.26. The first-order chi connectivity index (χ1) is 14.1. The number of rotatable bonds is 14. The predicted molar refractivity (Wildman–Crippen MR) is 121 cm³/mol. The van der Waals surface area contributed by atoms with Crippen LogP contribution in [0.4, 0.5) is 0 Å². The number of hydrogen-bond acceptors (Lipinski definition) is 6. The molecule has 0 saturated carbocycles. The Kier molecular flexibility index (Phi) is 11.9. The Morgan fingerprint density at radius 1 is 0.800 bits per heavy atom. The Hall–Kier alpha value is -1.14. The highest BCUT2D eigenvalue weighted by Gasteiger charge is 2.28. The molecule has 0 aromatic heterocycles. The van der Waals surface area contributed by atoms with Gasteiger partial charge in [0.15, 0.2) is 0 Å². The molecule has 0 unspecified atom stereocenters. The van der Waals surface area contributed by atoms with Crippen molar-refractivity contribution in [2.75, 3.05) is 45.9 Å². The third-order valence-corrected chi connectivity index (χ3v) is 6.75. The summed E-state index contributed by atoms with van der Waals surface area (Å²) in [4.78, 5) is 28.6. The average molecular weight is 427 g/mol. The largest absolute Gasteiger partial charge is 0.466 e. The molecule has 1 saturated heterocycles. The molecule has 1 rings (SSSR count). The van der Waals surface area contributed by atoms with Crippen LogP contribution in [0.2, 0.25) is 0 Å². The van der Waals surface area contributed by atoms with Gasteiger partial charge in [-0.1, -0.05) is 34.1 Å². The van der Waals surface area contributed by atoms with E-state index in [1.807, 2.05) is 0 Å². The fourth-order valence-electron chi connectivity index (χ4n) is 3.39. The number of unbranched alkanes of at least 4 members (excludes halogenated alkanes) is 1.